The number of halogens is 2. The zero-order chi connectivity index (χ0) is 21.7. The van der Waals surface area contributed by atoms with Gasteiger partial charge in [0.2, 0.25) is 5.91 Å². The Labute approximate surface area is 183 Å². The van der Waals surface area contributed by atoms with E-state index >= 15 is 0 Å². The van der Waals surface area contributed by atoms with E-state index in [2.05, 4.69) is 16.0 Å². The van der Waals surface area contributed by atoms with Gasteiger partial charge in [-0.3, -0.25) is 14.4 Å². The second-order valence-corrected chi connectivity index (χ2v) is 7.28. The maximum Gasteiger partial charge on any atom is 0.255 e. The molecule has 0 spiro atoms. The first-order valence-corrected chi connectivity index (χ1v) is 9.62. The van der Waals surface area contributed by atoms with Crippen molar-refractivity contribution in [2.75, 3.05) is 16.0 Å². The van der Waals surface area contributed by atoms with Crippen LogP contribution in [-0.2, 0) is 4.79 Å². The van der Waals surface area contributed by atoms with Crippen molar-refractivity contribution in [2.45, 2.75) is 6.92 Å². The first kappa shape index (κ1) is 21.4. The lowest BCUT2D eigenvalue weighted by Crippen LogP contribution is -2.14. The maximum atomic E-state index is 12.4. The second kappa shape index (κ2) is 9.43. The minimum atomic E-state index is -0.365. The molecule has 3 aromatic carbocycles. The fourth-order valence-electron chi connectivity index (χ4n) is 2.64. The fraction of sp³-hybridized carbons (Fsp3) is 0.0455. The molecule has 0 heterocycles. The fourth-order valence-corrected chi connectivity index (χ4v) is 3.16. The monoisotopic (exact) mass is 441 g/mol. The Hall–Kier alpha value is -3.35. The van der Waals surface area contributed by atoms with Crippen molar-refractivity contribution in [3.8, 4) is 0 Å². The molecule has 6 nitrogen and oxygen atoms in total. The molecule has 3 aromatic rings. The lowest BCUT2D eigenvalue weighted by atomic mass is 10.1. The van der Waals surface area contributed by atoms with Crippen LogP contribution < -0.4 is 16.0 Å². The Morgan fingerprint density at radius 3 is 1.47 bits per heavy atom. The van der Waals surface area contributed by atoms with Crippen LogP contribution in [0.15, 0.2) is 66.7 Å². The van der Waals surface area contributed by atoms with E-state index in [0.717, 1.165) is 0 Å². The SMILES string of the molecule is CC(=O)Nc1ccc(NC(=O)c2ccc(NC(=O)c3cc(Cl)cc(Cl)c3)cc2)cc1. The highest BCUT2D eigenvalue weighted by molar-refractivity contribution is 6.35. The average molecular weight is 442 g/mol. The number of anilines is 3. The van der Waals surface area contributed by atoms with E-state index < -0.39 is 0 Å². The molecule has 3 amide bonds. The molecule has 0 saturated heterocycles. The van der Waals surface area contributed by atoms with Crippen LogP contribution >= 0.6 is 23.2 Å². The highest BCUT2D eigenvalue weighted by Crippen LogP contribution is 2.21. The Morgan fingerprint density at radius 1 is 0.600 bits per heavy atom. The number of rotatable bonds is 5. The summed E-state index contributed by atoms with van der Waals surface area (Å²) in [6.45, 7) is 1.42. The van der Waals surface area contributed by atoms with Gasteiger partial charge in [-0.05, 0) is 66.7 Å². The average Bonchev–Trinajstić information content (AvgIpc) is 2.69. The molecule has 8 heteroatoms. The van der Waals surface area contributed by atoms with E-state index in [4.69, 9.17) is 23.2 Å². The van der Waals surface area contributed by atoms with E-state index in [9.17, 15) is 14.4 Å². The van der Waals surface area contributed by atoms with Gasteiger partial charge in [0.1, 0.15) is 0 Å². The van der Waals surface area contributed by atoms with Crippen LogP contribution in [0.4, 0.5) is 17.1 Å². The van der Waals surface area contributed by atoms with Crippen LogP contribution in [0.3, 0.4) is 0 Å². The normalized spacial score (nSPS) is 10.2. The molecule has 0 radical (unpaired) electrons. The highest BCUT2D eigenvalue weighted by atomic mass is 35.5. The highest BCUT2D eigenvalue weighted by Gasteiger charge is 2.10. The van der Waals surface area contributed by atoms with Crippen molar-refractivity contribution >= 4 is 58.0 Å². The van der Waals surface area contributed by atoms with Gasteiger partial charge in [0.25, 0.3) is 11.8 Å². The van der Waals surface area contributed by atoms with Gasteiger partial charge in [-0.25, -0.2) is 0 Å². The summed E-state index contributed by atoms with van der Waals surface area (Å²) in [5, 5.41) is 8.88. The Kier molecular flexibility index (Phi) is 6.72. The van der Waals surface area contributed by atoms with Crippen LogP contribution in [0.25, 0.3) is 0 Å². The van der Waals surface area contributed by atoms with Gasteiger partial charge >= 0.3 is 0 Å². The number of hydrogen-bond donors (Lipinski definition) is 3. The van der Waals surface area contributed by atoms with Gasteiger partial charge in [0.15, 0.2) is 0 Å². The van der Waals surface area contributed by atoms with Crippen molar-refractivity contribution in [1.29, 1.82) is 0 Å². The van der Waals surface area contributed by atoms with Gasteiger partial charge in [0.05, 0.1) is 0 Å². The topological polar surface area (TPSA) is 87.3 Å². The Bertz CT molecular complexity index is 1080. The predicted molar refractivity (Wildman–Crippen MR) is 120 cm³/mol. The molecule has 152 valence electrons. The summed E-state index contributed by atoms with van der Waals surface area (Å²) in [5.74, 6) is -0.838. The molecule has 0 fully saturated rings. The number of carbonyl (C=O) groups is 3. The quantitative estimate of drug-likeness (QED) is 0.491. The summed E-state index contributed by atoms with van der Waals surface area (Å²) in [4.78, 5) is 35.8. The molecule has 30 heavy (non-hydrogen) atoms. The number of nitrogens with one attached hydrogen (secondary N) is 3. The maximum absolute atomic E-state index is 12.4. The molecular weight excluding hydrogens is 425 g/mol. The molecule has 0 unspecified atom stereocenters. The van der Waals surface area contributed by atoms with Crippen molar-refractivity contribution in [1.82, 2.24) is 0 Å². The molecule has 0 bridgehead atoms. The zero-order valence-electron chi connectivity index (χ0n) is 15.8. The van der Waals surface area contributed by atoms with Gasteiger partial charge in [-0.15, -0.1) is 0 Å². The molecular formula is C22H17Cl2N3O3. The third-order valence-corrected chi connectivity index (χ3v) is 4.43. The van der Waals surface area contributed by atoms with E-state index in [1.807, 2.05) is 0 Å². The summed E-state index contributed by atoms with van der Waals surface area (Å²) in [7, 11) is 0. The van der Waals surface area contributed by atoms with E-state index in [1.165, 1.54) is 19.1 Å². The summed E-state index contributed by atoms with van der Waals surface area (Å²) in [6.07, 6.45) is 0. The zero-order valence-corrected chi connectivity index (χ0v) is 17.3. The van der Waals surface area contributed by atoms with Crippen LogP contribution in [0, 0.1) is 0 Å². The molecule has 0 aromatic heterocycles. The molecule has 0 aliphatic rings. The summed E-state index contributed by atoms with van der Waals surface area (Å²) < 4.78 is 0. The largest absolute Gasteiger partial charge is 0.326 e. The first-order chi connectivity index (χ1) is 14.3. The van der Waals surface area contributed by atoms with E-state index in [1.54, 1.807) is 54.6 Å². The van der Waals surface area contributed by atoms with Gasteiger partial charge in [-0.2, -0.15) is 0 Å². The van der Waals surface area contributed by atoms with E-state index in [0.29, 0.717) is 38.2 Å². The molecule has 0 saturated carbocycles. The molecule has 0 aliphatic carbocycles. The number of carbonyl (C=O) groups excluding carboxylic acids is 3. The summed E-state index contributed by atoms with van der Waals surface area (Å²) in [5.41, 5.74) is 2.50. The number of amides is 3. The van der Waals surface area contributed by atoms with E-state index in [-0.39, 0.29) is 17.7 Å². The standard InChI is InChI=1S/C22H17Cl2N3O3/c1-13(28)25-18-6-8-20(9-7-18)26-21(29)14-2-4-19(5-3-14)27-22(30)15-10-16(23)12-17(24)11-15/h2-12H,1H3,(H,25,28)(H,26,29)(H,27,30). The molecule has 3 N–H and O–H groups in total. The minimum Gasteiger partial charge on any atom is -0.326 e. The lowest BCUT2D eigenvalue weighted by molar-refractivity contribution is -0.114. The van der Waals surface area contributed by atoms with Gasteiger partial charge < -0.3 is 16.0 Å². The van der Waals surface area contributed by atoms with Crippen LogP contribution in [0.2, 0.25) is 10.0 Å². The smallest absolute Gasteiger partial charge is 0.255 e. The Balaban J connectivity index is 1.62. The van der Waals surface area contributed by atoms with Crippen LogP contribution in [-0.4, -0.2) is 17.7 Å². The summed E-state index contributed by atoms with van der Waals surface area (Å²) >= 11 is 11.8. The van der Waals surface area contributed by atoms with Crippen molar-refractivity contribution in [3.63, 3.8) is 0 Å². The third kappa shape index (κ3) is 5.83. The lowest BCUT2D eigenvalue weighted by Gasteiger charge is -2.09. The van der Waals surface area contributed by atoms with Gasteiger partial charge in [0, 0.05) is 45.2 Å². The molecule has 0 aliphatic heterocycles. The van der Waals surface area contributed by atoms with Crippen molar-refractivity contribution in [2.24, 2.45) is 0 Å². The third-order valence-electron chi connectivity index (χ3n) is 3.99. The van der Waals surface area contributed by atoms with Crippen molar-refractivity contribution < 1.29 is 14.4 Å². The summed E-state index contributed by atoms with van der Waals surface area (Å²) in [6, 6.07) is 17.8. The van der Waals surface area contributed by atoms with Gasteiger partial charge in [-0.1, -0.05) is 23.2 Å². The first-order valence-electron chi connectivity index (χ1n) is 8.87. The van der Waals surface area contributed by atoms with Crippen LogP contribution in [0.5, 0.6) is 0 Å². The minimum absolute atomic E-state index is 0.169. The van der Waals surface area contributed by atoms with Crippen molar-refractivity contribution in [3.05, 3.63) is 87.9 Å². The molecule has 3 rings (SSSR count). The number of benzene rings is 3. The second-order valence-electron chi connectivity index (χ2n) is 6.40. The molecule has 0 atom stereocenters. The number of hydrogen-bond acceptors (Lipinski definition) is 3. The Morgan fingerprint density at radius 2 is 1.00 bits per heavy atom. The predicted octanol–water partition coefficient (Wildman–Crippen LogP) is 5.46. The van der Waals surface area contributed by atoms with Crippen LogP contribution in [0.1, 0.15) is 27.6 Å².